The van der Waals surface area contributed by atoms with Crippen LogP contribution in [-0.2, 0) is 4.74 Å². The van der Waals surface area contributed by atoms with E-state index in [4.69, 9.17) is 9.84 Å². The van der Waals surface area contributed by atoms with Gasteiger partial charge >= 0.3 is 12.1 Å². The number of amides is 1. The summed E-state index contributed by atoms with van der Waals surface area (Å²) in [4.78, 5) is 24.4. The van der Waals surface area contributed by atoms with Crippen molar-refractivity contribution < 1.29 is 19.4 Å². The molecule has 18 heavy (non-hydrogen) atoms. The van der Waals surface area contributed by atoms with E-state index in [0.717, 1.165) is 0 Å². The van der Waals surface area contributed by atoms with Crippen LogP contribution in [0.3, 0.4) is 0 Å². The van der Waals surface area contributed by atoms with Crippen molar-refractivity contribution in [1.29, 1.82) is 0 Å². The highest BCUT2D eigenvalue weighted by Gasteiger charge is 2.34. The number of benzene rings is 1. The van der Waals surface area contributed by atoms with Crippen molar-refractivity contribution in [2.75, 3.05) is 11.4 Å². The number of anilines is 1. The summed E-state index contributed by atoms with van der Waals surface area (Å²) >= 11 is 0. The molecule has 1 aromatic rings. The first-order valence-corrected chi connectivity index (χ1v) is 5.73. The Morgan fingerprint density at radius 2 is 2.06 bits per heavy atom. The summed E-state index contributed by atoms with van der Waals surface area (Å²) in [6, 6.07) is 6.43. The molecule has 1 aliphatic rings. The number of ether oxygens (including phenoxy) is 1. The molecular formula is C13H15NO4. The van der Waals surface area contributed by atoms with Crippen LogP contribution in [0.4, 0.5) is 10.5 Å². The molecule has 1 fully saturated rings. The lowest BCUT2D eigenvalue weighted by molar-refractivity contribution is 0.0236. The molecular weight excluding hydrogens is 234 g/mol. The van der Waals surface area contributed by atoms with Crippen LogP contribution >= 0.6 is 0 Å². The lowest BCUT2D eigenvalue weighted by Crippen LogP contribution is -2.47. The number of carboxylic acid groups (broad SMARTS) is 1. The summed E-state index contributed by atoms with van der Waals surface area (Å²) in [6.45, 7) is 4.13. The number of nitrogens with zero attached hydrogens (tertiary/aromatic N) is 1. The highest BCUT2D eigenvalue weighted by molar-refractivity contribution is 6.00. The smallest absolute Gasteiger partial charge is 0.414 e. The Labute approximate surface area is 105 Å². The zero-order valence-electron chi connectivity index (χ0n) is 10.3. The third kappa shape index (κ3) is 2.30. The van der Waals surface area contributed by atoms with Gasteiger partial charge in [-0.2, -0.15) is 0 Å². The second-order valence-electron chi connectivity index (χ2n) is 4.85. The summed E-state index contributed by atoms with van der Waals surface area (Å²) in [5.74, 6) is -1.05. The number of para-hydroxylation sites is 1. The first kappa shape index (κ1) is 12.4. The number of carbonyl (C=O) groups is 2. The van der Waals surface area contributed by atoms with E-state index in [1.165, 1.54) is 11.0 Å². The van der Waals surface area contributed by atoms with Crippen LogP contribution in [0, 0.1) is 0 Å². The van der Waals surface area contributed by atoms with Gasteiger partial charge in [0.2, 0.25) is 0 Å². The SMILES string of the molecule is CC1(C)CCN(c2ccccc2C(=O)O)C(=O)O1. The predicted octanol–water partition coefficient (Wildman–Crippen LogP) is 2.51. The first-order chi connectivity index (χ1) is 8.41. The van der Waals surface area contributed by atoms with E-state index in [0.29, 0.717) is 18.7 Å². The van der Waals surface area contributed by atoms with Crippen molar-refractivity contribution in [3.05, 3.63) is 29.8 Å². The molecule has 0 bridgehead atoms. The quantitative estimate of drug-likeness (QED) is 0.874. The van der Waals surface area contributed by atoms with Crippen molar-refractivity contribution in [3.63, 3.8) is 0 Å². The Hall–Kier alpha value is -2.04. The molecule has 0 atom stereocenters. The van der Waals surface area contributed by atoms with Crippen LogP contribution in [0.25, 0.3) is 0 Å². The molecule has 2 rings (SSSR count). The lowest BCUT2D eigenvalue weighted by atomic mass is 10.0. The molecule has 1 aromatic carbocycles. The van der Waals surface area contributed by atoms with Gasteiger partial charge in [0.25, 0.3) is 0 Å². The van der Waals surface area contributed by atoms with Gasteiger partial charge in [0.15, 0.2) is 0 Å². The van der Waals surface area contributed by atoms with Gasteiger partial charge in [0.05, 0.1) is 11.3 Å². The summed E-state index contributed by atoms with van der Waals surface area (Å²) in [5.41, 5.74) is -0.00850. The van der Waals surface area contributed by atoms with Gasteiger partial charge in [-0.15, -0.1) is 0 Å². The molecule has 96 valence electrons. The van der Waals surface area contributed by atoms with E-state index >= 15 is 0 Å². The van der Waals surface area contributed by atoms with Gasteiger partial charge in [-0.25, -0.2) is 9.59 Å². The molecule has 0 radical (unpaired) electrons. The Morgan fingerprint density at radius 1 is 1.39 bits per heavy atom. The van der Waals surface area contributed by atoms with Crippen LogP contribution in [-0.4, -0.2) is 29.3 Å². The Balaban J connectivity index is 2.33. The molecule has 0 saturated carbocycles. The number of hydrogen-bond acceptors (Lipinski definition) is 3. The molecule has 5 nitrogen and oxygen atoms in total. The zero-order chi connectivity index (χ0) is 13.3. The Morgan fingerprint density at radius 3 is 2.67 bits per heavy atom. The summed E-state index contributed by atoms with van der Waals surface area (Å²) < 4.78 is 5.27. The molecule has 0 spiro atoms. The van der Waals surface area contributed by atoms with Crippen molar-refractivity contribution in [2.24, 2.45) is 0 Å². The normalized spacial score (nSPS) is 18.3. The van der Waals surface area contributed by atoms with E-state index in [1.807, 2.05) is 13.8 Å². The average molecular weight is 249 g/mol. The number of cyclic esters (lactones) is 1. The fraction of sp³-hybridized carbons (Fsp3) is 0.385. The average Bonchev–Trinajstić information content (AvgIpc) is 2.28. The standard InChI is InChI=1S/C13H15NO4/c1-13(2)7-8-14(12(17)18-13)10-6-4-3-5-9(10)11(15)16/h3-6H,7-8H2,1-2H3,(H,15,16). The molecule has 1 saturated heterocycles. The number of hydrogen-bond donors (Lipinski definition) is 1. The third-order valence-corrected chi connectivity index (χ3v) is 2.95. The molecule has 0 aromatic heterocycles. The van der Waals surface area contributed by atoms with Crippen LogP contribution < -0.4 is 4.90 Å². The maximum absolute atomic E-state index is 11.9. The van der Waals surface area contributed by atoms with Gasteiger partial charge in [0.1, 0.15) is 5.60 Å². The van der Waals surface area contributed by atoms with Crippen molar-refractivity contribution >= 4 is 17.7 Å². The van der Waals surface area contributed by atoms with Gasteiger partial charge in [-0.1, -0.05) is 12.1 Å². The van der Waals surface area contributed by atoms with E-state index in [2.05, 4.69) is 0 Å². The Kier molecular flexibility index (Phi) is 2.98. The summed E-state index contributed by atoms with van der Waals surface area (Å²) in [6.07, 6.45) is 0.159. The highest BCUT2D eigenvalue weighted by atomic mass is 16.6. The number of carboxylic acids is 1. The number of aromatic carboxylic acids is 1. The van der Waals surface area contributed by atoms with Crippen LogP contribution in [0.2, 0.25) is 0 Å². The maximum atomic E-state index is 11.9. The Bertz CT molecular complexity index is 496. The second-order valence-corrected chi connectivity index (χ2v) is 4.85. The fourth-order valence-corrected chi connectivity index (χ4v) is 1.92. The minimum absolute atomic E-state index is 0.106. The minimum atomic E-state index is -1.05. The molecule has 1 heterocycles. The van der Waals surface area contributed by atoms with E-state index < -0.39 is 17.7 Å². The van der Waals surface area contributed by atoms with Gasteiger partial charge in [-0.05, 0) is 26.0 Å². The first-order valence-electron chi connectivity index (χ1n) is 5.73. The monoisotopic (exact) mass is 249 g/mol. The summed E-state index contributed by atoms with van der Waals surface area (Å²) in [7, 11) is 0. The van der Waals surface area contributed by atoms with E-state index in [1.54, 1.807) is 18.2 Å². The van der Waals surface area contributed by atoms with Crippen LogP contribution in [0.1, 0.15) is 30.6 Å². The van der Waals surface area contributed by atoms with Crippen molar-refractivity contribution in [3.8, 4) is 0 Å². The maximum Gasteiger partial charge on any atom is 0.414 e. The molecule has 1 amide bonds. The summed E-state index contributed by atoms with van der Waals surface area (Å²) in [5, 5.41) is 9.11. The number of carbonyl (C=O) groups excluding carboxylic acids is 1. The van der Waals surface area contributed by atoms with Crippen LogP contribution in [0.5, 0.6) is 0 Å². The second kappa shape index (κ2) is 4.33. The topological polar surface area (TPSA) is 66.8 Å². The number of rotatable bonds is 2. The molecule has 1 aliphatic heterocycles. The molecule has 0 unspecified atom stereocenters. The van der Waals surface area contributed by atoms with Crippen molar-refractivity contribution in [1.82, 2.24) is 0 Å². The molecule has 0 aliphatic carbocycles. The molecule has 5 heteroatoms. The lowest BCUT2D eigenvalue weighted by Gasteiger charge is -2.36. The van der Waals surface area contributed by atoms with Crippen LogP contribution in [0.15, 0.2) is 24.3 Å². The fourth-order valence-electron chi connectivity index (χ4n) is 1.92. The van der Waals surface area contributed by atoms with Crippen molar-refractivity contribution in [2.45, 2.75) is 25.9 Å². The van der Waals surface area contributed by atoms with Gasteiger partial charge in [-0.3, -0.25) is 4.90 Å². The van der Waals surface area contributed by atoms with E-state index in [9.17, 15) is 9.59 Å². The highest BCUT2D eigenvalue weighted by Crippen LogP contribution is 2.28. The largest absolute Gasteiger partial charge is 0.478 e. The van der Waals surface area contributed by atoms with Gasteiger partial charge < -0.3 is 9.84 Å². The zero-order valence-corrected chi connectivity index (χ0v) is 10.3. The predicted molar refractivity (Wildman–Crippen MR) is 65.9 cm³/mol. The third-order valence-electron chi connectivity index (χ3n) is 2.95. The van der Waals surface area contributed by atoms with Gasteiger partial charge in [0, 0.05) is 13.0 Å². The minimum Gasteiger partial charge on any atom is -0.478 e. The van der Waals surface area contributed by atoms with E-state index in [-0.39, 0.29) is 5.56 Å². The molecule has 1 N–H and O–H groups in total.